The van der Waals surface area contributed by atoms with E-state index in [0.717, 1.165) is 206 Å². The van der Waals surface area contributed by atoms with Gasteiger partial charge >= 0.3 is 0 Å². The van der Waals surface area contributed by atoms with Gasteiger partial charge in [0.25, 0.3) is 0 Å². The third kappa shape index (κ3) is 12.3. The molecule has 0 amide bonds. The van der Waals surface area contributed by atoms with Crippen molar-refractivity contribution in [3.8, 4) is 22.3 Å². The lowest BCUT2D eigenvalue weighted by molar-refractivity contribution is 0.655. The van der Waals surface area contributed by atoms with Crippen LogP contribution in [-0.4, -0.2) is 39.9 Å². The Kier molecular flexibility index (Phi) is 17.6. The molecule has 0 aliphatic rings. The van der Waals surface area contributed by atoms with Crippen LogP contribution in [0.15, 0.2) is 318 Å². The van der Waals surface area contributed by atoms with Gasteiger partial charge in [-0.25, -0.2) is 39.9 Å². The van der Waals surface area contributed by atoms with Crippen LogP contribution in [0, 0.1) is 13.8 Å². The summed E-state index contributed by atoms with van der Waals surface area (Å²) in [4.78, 5) is 42.5. The molecule has 120 heavy (non-hydrogen) atoms. The molecule has 0 radical (unpaired) electrons. The average Bonchev–Trinajstić information content (AvgIpc) is 1.35. The van der Waals surface area contributed by atoms with Crippen LogP contribution in [0.25, 0.3) is 238 Å². The number of para-hydroxylation sites is 2. The van der Waals surface area contributed by atoms with Crippen molar-refractivity contribution in [1.29, 1.82) is 0 Å². The summed E-state index contributed by atoms with van der Waals surface area (Å²) in [6.45, 7) is 4.24. The molecule has 26 aromatic rings. The van der Waals surface area contributed by atoms with Crippen molar-refractivity contribution in [2.75, 3.05) is 0 Å². The topological polar surface area (TPSA) is 129 Å². The van der Waals surface area contributed by atoms with Crippen molar-refractivity contribution in [1.82, 2.24) is 39.9 Å². The van der Waals surface area contributed by atoms with Crippen molar-refractivity contribution in [2.45, 2.75) is 13.8 Å². The molecule has 26 rings (SSSR count). The van der Waals surface area contributed by atoms with Crippen molar-refractivity contribution >= 4 is 325 Å². The number of hydrogen-bond acceptors (Lipinski definition) is 12. The van der Waals surface area contributed by atoms with E-state index in [9.17, 15) is 0 Å². The molecule has 0 saturated heterocycles. The summed E-state index contributed by atoms with van der Waals surface area (Å²) >= 11 is 30.4. The van der Waals surface area contributed by atoms with Gasteiger partial charge in [0.15, 0.2) is 0 Å². The first-order valence-corrected chi connectivity index (χ1v) is 44.3. The third-order valence-corrected chi connectivity index (χ3v) is 27.2. The fraction of sp³-hybridized carbons (Fsp3) is 0.0196. The summed E-state index contributed by atoms with van der Waals surface area (Å²) in [6.07, 6.45) is 0. The average molecular weight is 1880 g/mol. The van der Waals surface area contributed by atoms with Crippen LogP contribution in [0.2, 0.25) is 10.0 Å². The van der Waals surface area contributed by atoms with Crippen molar-refractivity contribution in [2.24, 2.45) is 0 Å². The zero-order valence-electron chi connectivity index (χ0n) is 63.2. The van der Waals surface area contributed by atoms with Gasteiger partial charge in [-0.15, -0.1) is 22.7 Å². The Morgan fingerprint density at radius 2 is 0.542 bits per heavy atom. The van der Waals surface area contributed by atoms with E-state index in [1.165, 1.54) is 54.9 Å². The van der Waals surface area contributed by atoms with Gasteiger partial charge in [-0.05, 0) is 213 Å². The molecule has 10 nitrogen and oxygen atoms in total. The minimum atomic E-state index is 0.569. The molecule has 568 valence electrons. The smallest absolute Gasteiger partial charge is 0.246 e. The van der Waals surface area contributed by atoms with Gasteiger partial charge < -0.3 is 8.83 Å². The van der Waals surface area contributed by atoms with Gasteiger partial charge in [0, 0.05) is 102 Å². The summed E-state index contributed by atoms with van der Waals surface area (Å²) in [5, 5.41) is 23.8. The van der Waals surface area contributed by atoms with E-state index in [1.54, 1.807) is 22.7 Å². The largest absolute Gasteiger partial charge is 0.436 e. The number of halogens is 6. The van der Waals surface area contributed by atoms with Crippen molar-refractivity contribution < 1.29 is 8.83 Å². The van der Waals surface area contributed by atoms with E-state index in [2.05, 4.69) is 272 Å². The van der Waals surface area contributed by atoms with Crippen LogP contribution in [0.5, 0.6) is 0 Å². The molecular formula is C102H54Br4Cl2N8O2S2. The molecule has 0 aliphatic carbocycles. The standard InChI is InChI=1S/C34H19ClN2S.C24H15ClN2S.2C22H10Br2N2O/c35-24-13-16-30-29(19-24)33-34(38-30)37-32-28-18-23(21-9-5-2-6-10-21)12-15-26(28)25-14-11-22(17-27(25)31(32)36-33)20-7-3-1-4-8-20;1-12-3-6-15-16-7-4-13(2)10-18(16)22-21(17(15)9-12)26-23-19-11-14(25)5-8-20(19)28-24(23)27-22;23-11-5-7-13-16(9-11)17-10-12(24)6-8-14(17)20-19(13)25-21-15-3-1-2-4-18(15)27-22(21)26-20;23-11-5-7-13-14-8-6-12(24)10-17(14)20-19(16(13)9-11)25-21-15-3-1-2-4-18(15)27-22(21)26-20/h1-19H;3-11H,1-2H3;2*1-10H. The Labute approximate surface area is 733 Å². The zero-order valence-corrected chi connectivity index (χ0v) is 72.7. The van der Waals surface area contributed by atoms with E-state index in [0.29, 0.717) is 16.4 Å². The van der Waals surface area contributed by atoms with Crippen molar-refractivity contribution in [3.05, 3.63) is 330 Å². The Morgan fingerprint density at radius 3 is 0.967 bits per heavy atom. The predicted octanol–water partition coefficient (Wildman–Crippen LogP) is 32.6. The number of hydrogen-bond donors (Lipinski definition) is 0. The Hall–Kier alpha value is -12.1. The van der Waals surface area contributed by atoms with E-state index >= 15 is 0 Å². The van der Waals surface area contributed by atoms with Gasteiger partial charge in [-0.3, -0.25) is 0 Å². The van der Waals surface area contributed by atoms with Gasteiger partial charge in [-0.1, -0.05) is 256 Å². The predicted molar refractivity (Wildman–Crippen MR) is 520 cm³/mol. The Bertz CT molecular complexity index is 8960. The molecule has 18 aromatic carbocycles. The van der Waals surface area contributed by atoms with Crippen LogP contribution in [0.4, 0.5) is 0 Å². The molecule has 18 heteroatoms. The van der Waals surface area contributed by atoms with Gasteiger partial charge in [0.1, 0.15) is 53.9 Å². The number of benzene rings is 18. The van der Waals surface area contributed by atoms with E-state index in [4.69, 9.17) is 71.9 Å². The fourth-order valence-corrected chi connectivity index (χ4v) is 21.0. The highest BCUT2D eigenvalue weighted by Gasteiger charge is 2.23. The van der Waals surface area contributed by atoms with Gasteiger partial charge in [-0.2, -0.15) is 0 Å². The first-order valence-electron chi connectivity index (χ1n) is 38.7. The third-order valence-electron chi connectivity index (χ3n) is 22.7. The first kappa shape index (κ1) is 73.1. The second-order valence-electron chi connectivity index (χ2n) is 30.1. The summed E-state index contributed by atoms with van der Waals surface area (Å²) in [6, 6.07) is 101. The highest BCUT2D eigenvalue weighted by molar-refractivity contribution is 9.11. The number of thiophene rings is 2. The maximum Gasteiger partial charge on any atom is 0.246 e. The van der Waals surface area contributed by atoms with Crippen LogP contribution in [0.1, 0.15) is 11.1 Å². The number of aromatic nitrogens is 8. The molecule has 8 aromatic heterocycles. The van der Waals surface area contributed by atoms with E-state index in [1.807, 2.05) is 97.1 Å². The maximum absolute atomic E-state index is 6.39. The fourth-order valence-electron chi connectivity index (χ4n) is 17.2. The van der Waals surface area contributed by atoms with E-state index < -0.39 is 0 Å². The van der Waals surface area contributed by atoms with Crippen molar-refractivity contribution in [3.63, 3.8) is 0 Å². The molecular weight excluding hydrogens is 1820 g/mol. The summed E-state index contributed by atoms with van der Waals surface area (Å²) in [5.41, 5.74) is 20.6. The summed E-state index contributed by atoms with van der Waals surface area (Å²) in [5.74, 6) is 0. The number of rotatable bonds is 2. The Balaban J connectivity index is 0.0000000944. The minimum Gasteiger partial charge on any atom is -0.436 e. The van der Waals surface area contributed by atoms with Crippen LogP contribution < -0.4 is 0 Å². The number of furan rings is 2. The second kappa shape index (κ2) is 28.9. The van der Waals surface area contributed by atoms with Crippen LogP contribution in [0.3, 0.4) is 0 Å². The van der Waals surface area contributed by atoms with E-state index in [-0.39, 0.29) is 0 Å². The van der Waals surface area contributed by atoms with Crippen LogP contribution in [-0.2, 0) is 0 Å². The molecule has 0 fully saturated rings. The summed E-state index contributed by atoms with van der Waals surface area (Å²) in [7, 11) is 0. The maximum atomic E-state index is 6.39. The highest BCUT2D eigenvalue weighted by Crippen LogP contribution is 2.46. The normalized spacial score (nSPS) is 12.0. The minimum absolute atomic E-state index is 0.569. The van der Waals surface area contributed by atoms with Gasteiger partial charge in [0.2, 0.25) is 11.4 Å². The lowest BCUT2D eigenvalue weighted by Crippen LogP contribution is -1.91. The molecule has 0 aliphatic heterocycles. The lowest BCUT2D eigenvalue weighted by atomic mass is 9.93. The Morgan fingerprint density at radius 1 is 0.225 bits per heavy atom. The molecule has 0 atom stereocenters. The number of nitrogens with zero attached hydrogens (tertiary/aromatic N) is 8. The molecule has 8 heterocycles. The monoisotopic (exact) mass is 1870 g/mol. The molecule has 0 bridgehead atoms. The highest BCUT2D eigenvalue weighted by atomic mass is 79.9. The lowest BCUT2D eigenvalue weighted by Gasteiger charge is -2.13. The number of aryl methyl sites for hydroxylation is 2. The summed E-state index contributed by atoms with van der Waals surface area (Å²) < 4.78 is 18.4. The van der Waals surface area contributed by atoms with Crippen LogP contribution >= 0.6 is 110 Å². The molecule has 0 spiro atoms. The molecule has 0 saturated carbocycles. The van der Waals surface area contributed by atoms with Gasteiger partial charge in [0.05, 0.1) is 33.1 Å². The number of fused-ring (bicyclic) bond motifs is 36. The zero-order chi connectivity index (χ0) is 80.4. The second-order valence-corrected chi connectivity index (χ2v) is 36.7. The SMILES string of the molecule is Brc1ccc2c(c1)c1cc(Br)ccc1c1nc3c(nc21)oc1ccccc13.Brc1ccc2c3ccc(Br)cc3c3nc4c(nc3c2c1)oc1ccccc14.Cc1ccc2c3ccc(C)cc3c3nc4c(nc3c2c1)sc1ccc(Cl)cc14.Clc1ccc2sc3nc4c5cc(-c6ccccc6)ccc5c5ccc(-c6ccccc6)cc5c4nc3c2c1. The molecule has 0 unspecified atom stereocenters. The quantitative estimate of drug-likeness (QED) is 0.154. The molecule has 0 N–H and O–H groups in total. The first-order chi connectivity index (χ1) is 58.7.